The van der Waals surface area contributed by atoms with E-state index in [1.807, 2.05) is 31.5 Å². The molecule has 1 aliphatic heterocycles. The van der Waals surface area contributed by atoms with E-state index < -0.39 is 5.54 Å². The second kappa shape index (κ2) is 4.81. The summed E-state index contributed by atoms with van der Waals surface area (Å²) < 4.78 is 7.68. The van der Waals surface area contributed by atoms with Crippen molar-refractivity contribution in [3.8, 4) is 0 Å². The van der Waals surface area contributed by atoms with Crippen LogP contribution in [0, 0.1) is 11.3 Å². The Morgan fingerprint density at radius 1 is 1.62 bits per heavy atom. The van der Waals surface area contributed by atoms with E-state index in [0.29, 0.717) is 13.2 Å². The molecule has 1 aromatic heterocycles. The van der Waals surface area contributed by atoms with Crippen LogP contribution in [0.4, 0.5) is 0 Å². The molecule has 0 bridgehead atoms. The number of carbonyl (C=O) groups is 1. The van der Waals surface area contributed by atoms with E-state index >= 15 is 0 Å². The number of nitrogens with two attached hydrogens (primary N) is 1. The molecule has 3 N–H and O–H groups in total. The van der Waals surface area contributed by atoms with Crippen molar-refractivity contribution in [2.75, 3.05) is 6.61 Å². The molecule has 6 nitrogen and oxygen atoms in total. The number of nitrogens with zero attached hydrogens (tertiary/aromatic N) is 2. The normalized spacial score (nSPS) is 34.9. The summed E-state index contributed by atoms with van der Waals surface area (Å²) in [4.78, 5) is 16.7. The lowest BCUT2D eigenvalue weighted by Crippen LogP contribution is -2.80. The first kappa shape index (κ1) is 14.5. The Morgan fingerprint density at radius 2 is 2.38 bits per heavy atom. The van der Waals surface area contributed by atoms with Crippen molar-refractivity contribution in [3.63, 3.8) is 0 Å². The van der Waals surface area contributed by atoms with Crippen LogP contribution in [-0.4, -0.2) is 39.7 Å². The minimum Gasteiger partial charge on any atom is -0.377 e. The fourth-order valence-electron chi connectivity index (χ4n) is 3.95. The minimum atomic E-state index is -0.836. The number of hydrogen-bond donors (Lipinski definition) is 2. The molecule has 6 heteroatoms. The molecule has 4 atom stereocenters. The van der Waals surface area contributed by atoms with Crippen molar-refractivity contribution in [1.82, 2.24) is 14.9 Å². The molecule has 1 amide bonds. The van der Waals surface area contributed by atoms with Gasteiger partial charge in [0.1, 0.15) is 5.54 Å². The van der Waals surface area contributed by atoms with Gasteiger partial charge >= 0.3 is 0 Å². The van der Waals surface area contributed by atoms with Gasteiger partial charge in [-0.05, 0) is 13.3 Å². The van der Waals surface area contributed by atoms with Gasteiger partial charge in [-0.1, -0.05) is 13.8 Å². The molecule has 0 radical (unpaired) electrons. The molecule has 1 aromatic rings. The lowest BCUT2D eigenvalue weighted by atomic mass is 9.48. The third-order valence-electron chi connectivity index (χ3n) is 5.25. The quantitative estimate of drug-likeness (QED) is 0.848. The fourth-order valence-corrected chi connectivity index (χ4v) is 3.95. The number of fused-ring (bicyclic) bond motifs is 1. The Kier molecular flexibility index (Phi) is 3.33. The highest BCUT2D eigenvalue weighted by atomic mass is 16.5. The van der Waals surface area contributed by atoms with Crippen molar-refractivity contribution in [1.29, 1.82) is 0 Å². The summed E-state index contributed by atoms with van der Waals surface area (Å²) in [5.74, 6) is 0.0693. The number of nitrogens with one attached hydrogen (secondary N) is 1. The molecule has 4 unspecified atom stereocenters. The van der Waals surface area contributed by atoms with Crippen LogP contribution in [0.5, 0.6) is 0 Å². The van der Waals surface area contributed by atoms with Crippen LogP contribution < -0.4 is 11.1 Å². The van der Waals surface area contributed by atoms with E-state index in [2.05, 4.69) is 10.3 Å². The van der Waals surface area contributed by atoms with Crippen molar-refractivity contribution in [2.45, 2.75) is 51.4 Å². The zero-order valence-electron chi connectivity index (χ0n) is 12.9. The van der Waals surface area contributed by atoms with Crippen molar-refractivity contribution in [2.24, 2.45) is 17.1 Å². The summed E-state index contributed by atoms with van der Waals surface area (Å²) in [6, 6.07) is 0.00398. The topological polar surface area (TPSA) is 82.2 Å². The van der Waals surface area contributed by atoms with Crippen molar-refractivity contribution >= 4 is 5.91 Å². The molecular weight excluding hydrogens is 268 g/mol. The number of amides is 1. The van der Waals surface area contributed by atoms with E-state index in [0.717, 1.165) is 6.42 Å². The van der Waals surface area contributed by atoms with E-state index in [1.165, 1.54) is 0 Å². The third-order valence-corrected chi connectivity index (χ3v) is 5.25. The summed E-state index contributed by atoms with van der Waals surface area (Å²) in [6.07, 6.45) is 6.34. The molecule has 116 valence electrons. The highest BCUT2D eigenvalue weighted by molar-refractivity contribution is 5.89. The average molecular weight is 292 g/mol. The molecule has 2 heterocycles. The molecule has 0 spiro atoms. The number of imidazole rings is 1. The summed E-state index contributed by atoms with van der Waals surface area (Å²) in [5.41, 5.74) is 5.36. The Morgan fingerprint density at radius 3 is 3.05 bits per heavy atom. The number of rotatable bonds is 4. The maximum absolute atomic E-state index is 12.7. The predicted octanol–water partition coefficient (Wildman–Crippen LogP) is 0.530. The van der Waals surface area contributed by atoms with Gasteiger partial charge in [0, 0.05) is 42.9 Å². The molecular formula is C15H24N4O2. The minimum absolute atomic E-state index is 0.00398. The summed E-state index contributed by atoms with van der Waals surface area (Å²) in [6.45, 7) is 7.43. The van der Waals surface area contributed by atoms with Crippen LogP contribution in [0.3, 0.4) is 0 Å². The number of carbonyl (C=O) groups excluding carboxylic acids is 1. The first-order chi connectivity index (χ1) is 9.87. The maximum Gasteiger partial charge on any atom is 0.241 e. The van der Waals surface area contributed by atoms with E-state index in [9.17, 15) is 4.79 Å². The lowest BCUT2D eigenvalue weighted by molar-refractivity contribution is -0.175. The smallest absolute Gasteiger partial charge is 0.241 e. The SMILES string of the molecule is CC(Cn1ccnc1)NC(=O)C1(N)C2CCOC2C1(C)C. The van der Waals surface area contributed by atoms with Gasteiger partial charge in [0.15, 0.2) is 0 Å². The first-order valence-corrected chi connectivity index (χ1v) is 7.54. The molecule has 3 rings (SSSR count). The van der Waals surface area contributed by atoms with Crippen LogP contribution in [0.2, 0.25) is 0 Å². The second-order valence-corrected chi connectivity index (χ2v) is 6.91. The van der Waals surface area contributed by atoms with Crippen LogP contribution in [0.1, 0.15) is 27.2 Å². The number of ether oxygens (including phenoxy) is 1. The monoisotopic (exact) mass is 292 g/mol. The first-order valence-electron chi connectivity index (χ1n) is 7.54. The Balaban J connectivity index is 1.67. The van der Waals surface area contributed by atoms with Crippen molar-refractivity contribution < 1.29 is 9.53 Å². The van der Waals surface area contributed by atoms with Crippen LogP contribution in [0.25, 0.3) is 0 Å². The van der Waals surface area contributed by atoms with Gasteiger partial charge in [0.25, 0.3) is 0 Å². The van der Waals surface area contributed by atoms with Gasteiger partial charge in [-0.3, -0.25) is 4.79 Å². The Hall–Kier alpha value is -1.40. The number of hydrogen-bond acceptors (Lipinski definition) is 4. The number of aromatic nitrogens is 2. The summed E-state index contributed by atoms with van der Waals surface area (Å²) >= 11 is 0. The standard InChI is InChI=1S/C15H24N4O2/c1-10(8-19-6-5-17-9-19)18-13(20)15(16)11-4-7-21-12(11)14(15,2)3/h5-6,9-12H,4,7-8,16H2,1-3H3,(H,18,20). The van der Waals surface area contributed by atoms with Gasteiger partial charge < -0.3 is 20.4 Å². The molecule has 2 aliphatic rings. The highest BCUT2D eigenvalue weighted by Gasteiger charge is 2.71. The summed E-state index contributed by atoms with van der Waals surface area (Å²) in [7, 11) is 0. The van der Waals surface area contributed by atoms with E-state index in [1.54, 1.807) is 12.5 Å². The van der Waals surface area contributed by atoms with Crippen LogP contribution >= 0.6 is 0 Å². The van der Waals surface area contributed by atoms with E-state index in [4.69, 9.17) is 10.5 Å². The Labute approximate surface area is 125 Å². The van der Waals surface area contributed by atoms with Gasteiger partial charge in [-0.2, -0.15) is 0 Å². The summed E-state index contributed by atoms with van der Waals surface area (Å²) in [5, 5.41) is 3.06. The highest BCUT2D eigenvalue weighted by Crippen LogP contribution is 2.58. The Bertz CT molecular complexity index is 528. The molecule has 2 fully saturated rings. The largest absolute Gasteiger partial charge is 0.377 e. The zero-order chi connectivity index (χ0) is 15.3. The zero-order valence-corrected chi connectivity index (χ0v) is 12.9. The molecule has 1 saturated heterocycles. The van der Waals surface area contributed by atoms with Gasteiger partial charge in [-0.15, -0.1) is 0 Å². The molecule has 1 aliphatic carbocycles. The second-order valence-electron chi connectivity index (χ2n) is 6.91. The lowest BCUT2D eigenvalue weighted by Gasteiger charge is -2.60. The predicted molar refractivity (Wildman–Crippen MR) is 78.4 cm³/mol. The van der Waals surface area contributed by atoms with Crippen LogP contribution in [-0.2, 0) is 16.1 Å². The molecule has 1 saturated carbocycles. The van der Waals surface area contributed by atoms with Gasteiger partial charge in [-0.25, -0.2) is 4.98 Å². The van der Waals surface area contributed by atoms with E-state index in [-0.39, 0.29) is 29.4 Å². The van der Waals surface area contributed by atoms with Crippen molar-refractivity contribution in [3.05, 3.63) is 18.7 Å². The van der Waals surface area contributed by atoms with Crippen LogP contribution in [0.15, 0.2) is 18.7 Å². The van der Waals surface area contributed by atoms with Gasteiger partial charge in [0.05, 0.1) is 12.4 Å². The molecule has 0 aromatic carbocycles. The molecule has 21 heavy (non-hydrogen) atoms. The average Bonchev–Trinajstić information content (AvgIpc) is 3.06. The fraction of sp³-hybridized carbons (Fsp3) is 0.733. The van der Waals surface area contributed by atoms with Gasteiger partial charge in [0.2, 0.25) is 5.91 Å². The maximum atomic E-state index is 12.7. The third kappa shape index (κ3) is 2.00.